The summed E-state index contributed by atoms with van der Waals surface area (Å²) in [5.41, 5.74) is 6.39. The number of rotatable bonds is 4. The largest absolute Gasteiger partial charge is 0.454 e. The molecule has 1 aromatic carbocycles. The molecule has 8 heteroatoms. The van der Waals surface area contributed by atoms with E-state index in [0.29, 0.717) is 21.6 Å². The van der Waals surface area contributed by atoms with Crippen molar-refractivity contribution in [2.45, 2.75) is 19.4 Å². The topological polar surface area (TPSA) is 99.4 Å². The number of fused-ring (bicyclic) bond motifs is 1. The first-order valence-electron chi connectivity index (χ1n) is 6.38. The number of hydrogen-bond donors (Lipinski definition) is 2. The SMILES string of the molecule is C[C@@H](NC(=O)Cc1ccc2c(c1)OCO2)c1nnc(N)s1. The monoisotopic (exact) mass is 306 g/mol. The van der Waals surface area contributed by atoms with Crippen molar-refractivity contribution in [3.63, 3.8) is 0 Å². The van der Waals surface area contributed by atoms with Gasteiger partial charge in [-0.05, 0) is 24.6 Å². The number of benzene rings is 1. The Hall–Kier alpha value is -2.35. The summed E-state index contributed by atoms with van der Waals surface area (Å²) >= 11 is 1.26. The average molecular weight is 306 g/mol. The molecule has 0 bridgehead atoms. The van der Waals surface area contributed by atoms with E-state index in [1.807, 2.05) is 19.1 Å². The van der Waals surface area contributed by atoms with E-state index >= 15 is 0 Å². The molecule has 0 saturated heterocycles. The van der Waals surface area contributed by atoms with Crippen LogP contribution in [0.15, 0.2) is 18.2 Å². The highest BCUT2D eigenvalue weighted by Crippen LogP contribution is 2.32. The number of ether oxygens (including phenoxy) is 2. The molecule has 0 aliphatic carbocycles. The van der Waals surface area contributed by atoms with Crippen molar-refractivity contribution in [1.29, 1.82) is 0 Å². The van der Waals surface area contributed by atoms with Crippen LogP contribution in [0.25, 0.3) is 0 Å². The Balaban J connectivity index is 1.61. The molecule has 1 aliphatic heterocycles. The maximum Gasteiger partial charge on any atom is 0.231 e. The third-order valence-electron chi connectivity index (χ3n) is 3.01. The third kappa shape index (κ3) is 3.05. The average Bonchev–Trinajstić information content (AvgIpc) is 3.06. The maximum atomic E-state index is 12.0. The summed E-state index contributed by atoms with van der Waals surface area (Å²) < 4.78 is 10.5. The van der Waals surface area contributed by atoms with E-state index in [2.05, 4.69) is 15.5 Å². The minimum absolute atomic E-state index is 0.102. The number of nitrogens with zero attached hydrogens (tertiary/aromatic N) is 2. The van der Waals surface area contributed by atoms with Crippen LogP contribution < -0.4 is 20.5 Å². The molecule has 110 valence electrons. The summed E-state index contributed by atoms with van der Waals surface area (Å²) in [4.78, 5) is 12.0. The van der Waals surface area contributed by atoms with Crippen LogP contribution in [0.3, 0.4) is 0 Å². The molecule has 7 nitrogen and oxygen atoms in total. The lowest BCUT2D eigenvalue weighted by atomic mass is 10.1. The molecule has 0 spiro atoms. The Morgan fingerprint density at radius 3 is 3.00 bits per heavy atom. The first-order chi connectivity index (χ1) is 10.1. The molecule has 1 amide bonds. The first kappa shape index (κ1) is 13.6. The van der Waals surface area contributed by atoms with E-state index in [0.717, 1.165) is 5.56 Å². The normalized spacial score (nSPS) is 14.0. The van der Waals surface area contributed by atoms with Crippen molar-refractivity contribution < 1.29 is 14.3 Å². The van der Waals surface area contributed by atoms with Crippen LogP contribution in [-0.2, 0) is 11.2 Å². The van der Waals surface area contributed by atoms with Crippen molar-refractivity contribution in [2.75, 3.05) is 12.5 Å². The number of nitrogen functional groups attached to an aromatic ring is 1. The summed E-state index contributed by atoms with van der Waals surface area (Å²) in [6, 6.07) is 5.25. The fraction of sp³-hybridized carbons (Fsp3) is 0.308. The molecule has 21 heavy (non-hydrogen) atoms. The molecular formula is C13H14N4O3S. The van der Waals surface area contributed by atoms with Crippen LogP contribution in [0.1, 0.15) is 23.5 Å². The summed E-state index contributed by atoms with van der Waals surface area (Å²) in [7, 11) is 0. The molecule has 3 N–H and O–H groups in total. The standard InChI is InChI=1S/C13H14N4O3S/c1-7(12-16-17-13(14)21-12)15-11(18)5-8-2-3-9-10(4-8)20-6-19-9/h2-4,7H,5-6H2,1H3,(H2,14,17)(H,15,18)/t7-/m1/s1. The Kier molecular flexibility index (Phi) is 3.61. The summed E-state index contributed by atoms with van der Waals surface area (Å²) in [6.07, 6.45) is 0.259. The van der Waals surface area contributed by atoms with Gasteiger partial charge in [-0.15, -0.1) is 10.2 Å². The predicted molar refractivity (Wildman–Crippen MR) is 77.1 cm³/mol. The first-order valence-corrected chi connectivity index (χ1v) is 7.20. The van der Waals surface area contributed by atoms with Crippen molar-refractivity contribution in [3.8, 4) is 11.5 Å². The minimum atomic E-state index is -0.221. The zero-order valence-electron chi connectivity index (χ0n) is 11.3. The second-order valence-electron chi connectivity index (χ2n) is 4.63. The number of carbonyl (C=O) groups is 1. The molecule has 0 radical (unpaired) electrons. The van der Waals surface area contributed by atoms with E-state index < -0.39 is 0 Å². The summed E-state index contributed by atoms with van der Waals surface area (Å²) in [5, 5.41) is 11.6. The number of aromatic nitrogens is 2. The van der Waals surface area contributed by atoms with Crippen molar-refractivity contribution in [1.82, 2.24) is 15.5 Å². The quantitative estimate of drug-likeness (QED) is 0.882. The Bertz CT molecular complexity index is 673. The fourth-order valence-electron chi connectivity index (χ4n) is 2.01. The van der Waals surface area contributed by atoms with Gasteiger partial charge in [-0.1, -0.05) is 17.4 Å². The lowest BCUT2D eigenvalue weighted by Gasteiger charge is -2.10. The highest BCUT2D eigenvalue weighted by Gasteiger charge is 2.17. The number of nitrogens with two attached hydrogens (primary N) is 1. The van der Waals surface area contributed by atoms with Crippen molar-refractivity contribution in [2.24, 2.45) is 0 Å². The molecule has 1 aliphatic rings. The second kappa shape index (κ2) is 5.57. The van der Waals surface area contributed by atoms with Crippen LogP contribution in [0, 0.1) is 0 Å². The van der Waals surface area contributed by atoms with Gasteiger partial charge in [-0.25, -0.2) is 0 Å². The van der Waals surface area contributed by atoms with Gasteiger partial charge >= 0.3 is 0 Å². The van der Waals surface area contributed by atoms with Gasteiger partial charge in [0.2, 0.25) is 17.8 Å². The summed E-state index contributed by atoms with van der Waals surface area (Å²) in [5.74, 6) is 1.28. The molecule has 2 heterocycles. The molecule has 1 aromatic heterocycles. The van der Waals surface area contributed by atoms with Crippen molar-refractivity contribution in [3.05, 3.63) is 28.8 Å². The number of hydrogen-bond acceptors (Lipinski definition) is 7. The Labute approximate surface area is 125 Å². The predicted octanol–water partition coefficient (Wildman–Crippen LogP) is 1.27. The lowest BCUT2D eigenvalue weighted by Crippen LogP contribution is -2.28. The van der Waals surface area contributed by atoms with Crippen LogP contribution in [0.5, 0.6) is 11.5 Å². The van der Waals surface area contributed by atoms with Gasteiger partial charge < -0.3 is 20.5 Å². The highest BCUT2D eigenvalue weighted by atomic mass is 32.1. The number of carbonyl (C=O) groups excluding carboxylic acids is 1. The molecule has 0 fully saturated rings. The van der Waals surface area contributed by atoms with Gasteiger partial charge in [0.1, 0.15) is 5.01 Å². The van der Waals surface area contributed by atoms with Gasteiger partial charge in [0, 0.05) is 0 Å². The smallest absolute Gasteiger partial charge is 0.231 e. The zero-order chi connectivity index (χ0) is 14.8. The Morgan fingerprint density at radius 2 is 2.24 bits per heavy atom. The van der Waals surface area contributed by atoms with Crippen LogP contribution >= 0.6 is 11.3 Å². The molecule has 0 saturated carbocycles. The van der Waals surface area contributed by atoms with Crippen molar-refractivity contribution >= 4 is 22.4 Å². The summed E-state index contributed by atoms with van der Waals surface area (Å²) in [6.45, 7) is 2.07. The van der Waals surface area contributed by atoms with E-state index in [4.69, 9.17) is 15.2 Å². The molecule has 3 rings (SSSR count). The van der Waals surface area contributed by atoms with Gasteiger partial charge in [0.05, 0.1) is 12.5 Å². The number of amides is 1. The maximum absolute atomic E-state index is 12.0. The molecular weight excluding hydrogens is 292 g/mol. The minimum Gasteiger partial charge on any atom is -0.454 e. The molecule has 2 aromatic rings. The second-order valence-corrected chi connectivity index (χ2v) is 5.67. The Morgan fingerprint density at radius 1 is 1.43 bits per heavy atom. The number of anilines is 1. The van der Waals surface area contributed by atoms with E-state index in [1.54, 1.807) is 6.07 Å². The highest BCUT2D eigenvalue weighted by molar-refractivity contribution is 7.15. The molecule has 0 unspecified atom stereocenters. The van der Waals surface area contributed by atoms with Gasteiger partial charge in [-0.3, -0.25) is 4.79 Å². The molecule has 1 atom stereocenters. The zero-order valence-corrected chi connectivity index (χ0v) is 12.1. The van der Waals surface area contributed by atoms with E-state index in [9.17, 15) is 4.79 Å². The number of nitrogens with one attached hydrogen (secondary N) is 1. The van der Waals surface area contributed by atoms with Crippen LogP contribution in [-0.4, -0.2) is 22.9 Å². The van der Waals surface area contributed by atoms with E-state index in [1.165, 1.54) is 11.3 Å². The van der Waals surface area contributed by atoms with Gasteiger partial charge in [-0.2, -0.15) is 0 Å². The lowest BCUT2D eigenvalue weighted by molar-refractivity contribution is -0.121. The van der Waals surface area contributed by atoms with Crippen LogP contribution in [0.4, 0.5) is 5.13 Å². The van der Waals surface area contributed by atoms with Gasteiger partial charge in [0.25, 0.3) is 0 Å². The van der Waals surface area contributed by atoms with Gasteiger partial charge in [0.15, 0.2) is 11.5 Å². The third-order valence-corrected chi connectivity index (χ3v) is 3.94. The van der Waals surface area contributed by atoms with Crippen LogP contribution in [0.2, 0.25) is 0 Å². The fourth-order valence-corrected chi connectivity index (χ4v) is 2.63. The van der Waals surface area contributed by atoms with E-state index in [-0.39, 0.29) is 25.2 Å².